The number of ether oxygens (including phenoxy) is 1. The first-order chi connectivity index (χ1) is 19.2. The summed E-state index contributed by atoms with van der Waals surface area (Å²) in [5.74, 6) is 0.125. The van der Waals surface area contributed by atoms with Gasteiger partial charge in [0.25, 0.3) is 11.8 Å². The Balaban J connectivity index is 1.30. The van der Waals surface area contributed by atoms with E-state index in [0.29, 0.717) is 22.0 Å². The molecule has 9 nitrogen and oxygen atoms in total. The largest absolute Gasteiger partial charge is 0.484 e. The van der Waals surface area contributed by atoms with Crippen molar-refractivity contribution in [3.05, 3.63) is 94.5 Å². The lowest BCUT2D eigenvalue weighted by molar-refractivity contribution is -0.134. The average Bonchev–Trinajstić information content (AvgIpc) is 2.96. The smallest absolute Gasteiger partial charge is 0.271 e. The molecule has 1 heterocycles. The molecule has 0 spiro atoms. The zero-order valence-electron chi connectivity index (χ0n) is 22.1. The highest BCUT2D eigenvalue weighted by Gasteiger charge is 2.19. The molecule has 2 amide bonds. The number of carbonyl (C=O) groups excluding carboxylic acids is 2. The molecular formula is C29H31ClN4O5S. The highest BCUT2D eigenvalue weighted by molar-refractivity contribution is 7.92. The summed E-state index contributed by atoms with van der Waals surface area (Å²) < 4.78 is 31.7. The number of benzene rings is 3. The molecular weight excluding hydrogens is 552 g/mol. The molecule has 0 atom stereocenters. The van der Waals surface area contributed by atoms with Crippen molar-refractivity contribution in [2.45, 2.75) is 25.8 Å². The number of halogens is 1. The Hall–Kier alpha value is -3.89. The first kappa shape index (κ1) is 29.1. The molecule has 0 radical (unpaired) electrons. The van der Waals surface area contributed by atoms with Gasteiger partial charge in [0.1, 0.15) is 5.75 Å². The second kappa shape index (κ2) is 13.5. The molecule has 11 heteroatoms. The van der Waals surface area contributed by atoms with E-state index in [1.807, 2.05) is 4.90 Å². The number of hydrazone groups is 1. The predicted molar refractivity (Wildman–Crippen MR) is 156 cm³/mol. The van der Waals surface area contributed by atoms with Crippen molar-refractivity contribution in [1.29, 1.82) is 0 Å². The van der Waals surface area contributed by atoms with Crippen LogP contribution in [0.4, 0.5) is 5.69 Å². The quantitative estimate of drug-likeness (QED) is 0.280. The number of nitrogens with one attached hydrogen (secondary N) is 1. The number of amides is 2. The number of anilines is 1. The highest BCUT2D eigenvalue weighted by atomic mass is 35.5. The monoisotopic (exact) mass is 582 g/mol. The molecule has 40 heavy (non-hydrogen) atoms. The van der Waals surface area contributed by atoms with Gasteiger partial charge in [0, 0.05) is 23.7 Å². The number of hydrogen-bond donors (Lipinski definition) is 1. The molecule has 1 aliphatic rings. The third kappa shape index (κ3) is 8.30. The van der Waals surface area contributed by atoms with Crippen molar-refractivity contribution in [2.75, 3.05) is 30.3 Å². The Labute approximate surface area is 239 Å². The van der Waals surface area contributed by atoms with Crippen molar-refractivity contribution >= 4 is 45.3 Å². The number of piperidine rings is 1. The Kier molecular flexibility index (Phi) is 9.79. The van der Waals surface area contributed by atoms with E-state index in [2.05, 4.69) is 10.5 Å². The summed E-state index contributed by atoms with van der Waals surface area (Å²) in [6, 6.07) is 20.2. The van der Waals surface area contributed by atoms with Gasteiger partial charge >= 0.3 is 0 Å². The summed E-state index contributed by atoms with van der Waals surface area (Å²) in [4.78, 5) is 26.6. The molecule has 4 rings (SSSR count). The van der Waals surface area contributed by atoms with Crippen LogP contribution in [0.15, 0.2) is 77.9 Å². The summed E-state index contributed by atoms with van der Waals surface area (Å²) >= 11 is 5.93. The summed E-state index contributed by atoms with van der Waals surface area (Å²) in [7, 11) is -3.57. The molecule has 1 N–H and O–H groups in total. The van der Waals surface area contributed by atoms with Crippen molar-refractivity contribution in [1.82, 2.24) is 10.3 Å². The van der Waals surface area contributed by atoms with E-state index in [1.54, 1.807) is 60.7 Å². The average molecular weight is 583 g/mol. The van der Waals surface area contributed by atoms with Crippen molar-refractivity contribution in [2.24, 2.45) is 5.10 Å². The lowest BCUT2D eigenvalue weighted by Gasteiger charge is -2.26. The van der Waals surface area contributed by atoms with E-state index in [0.717, 1.165) is 49.7 Å². The van der Waals surface area contributed by atoms with Gasteiger partial charge in [-0.2, -0.15) is 5.10 Å². The molecule has 0 aromatic heterocycles. The minimum atomic E-state index is -3.57. The number of carbonyl (C=O) groups is 2. The molecule has 1 fully saturated rings. The van der Waals surface area contributed by atoms with Crippen molar-refractivity contribution in [3.8, 4) is 5.75 Å². The van der Waals surface area contributed by atoms with Crippen LogP contribution >= 0.6 is 11.6 Å². The van der Waals surface area contributed by atoms with E-state index < -0.39 is 15.9 Å². The number of hydrogen-bond acceptors (Lipinski definition) is 6. The first-order valence-electron chi connectivity index (χ1n) is 12.9. The zero-order chi connectivity index (χ0) is 28.5. The molecule has 3 aromatic rings. The van der Waals surface area contributed by atoms with Crippen LogP contribution < -0.4 is 14.5 Å². The number of likely N-dealkylation sites (tertiary alicyclic amines) is 1. The fraction of sp³-hybridized carbons (Fsp3) is 0.276. The summed E-state index contributed by atoms with van der Waals surface area (Å²) in [6.45, 7) is 1.71. The van der Waals surface area contributed by atoms with E-state index in [1.165, 1.54) is 22.7 Å². The van der Waals surface area contributed by atoms with E-state index >= 15 is 0 Å². The van der Waals surface area contributed by atoms with Gasteiger partial charge in [-0.15, -0.1) is 0 Å². The molecule has 0 aliphatic carbocycles. The van der Waals surface area contributed by atoms with Crippen LogP contribution in [0.1, 0.15) is 40.7 Å². The van der Waals surface area contributed by atoms with E-state index in [-0.39, 0.29) is 19.1 Å². The molecule has 3 aromatic carbocycles. The lowest BCUT2D eigenvalue weighted by Crippen LogP contribution is -2.38. The molecule has 1 aliphatic heterocycles. The zero-order valence-corrected chi connectivity index (χ0v) is 23.7. The van der Waals surface area contributed by atoms with Crippen LogP contribution in [-0.4, -0.2) is 57.3 Å². The molecule has 0 saturated carbocycles. The minimum absolute atomic E-state index is 0.00531. The molecule has 0 bridgehead atoms. The van der Waals surface area contributed by atoms with E-state index in [9.17, 15) is 18.0 Å². The highest BCUT2D eigenvalue weighted by Crippen LogP contribution is 2.22. The maximum atomic E-state index is 12.5. The summed E-state index contributed by atoms with van der Waals surface area (Å²) in [6.07, 6.45) is 5.86. The lowest BCUT2D eigenvalue weighted by atomic mass is 10.1. The van der Waals surface area contributed by atoms with Gasteiger partial charge < -0.3 is 9.64 Å². The van der Waals surface area contributed by atoms with Gasteiger partial charge in [-0.1, -0.05) is 23.7 Å². The van der Waals surface area contributed by atoms with Gasteiger partial charge in [-0.3, -0.25) is 13.9 Å². The van der Waals surface area contributed by atoms with Gasteiger partial charge in [-0.25, -0.2) is 13.8 Å². The van der Waals surface area contributed by atoms with Crippen LogP contribution in [-0.2, 0) is 21.4 Å². The fourth-order valence-electron chi connectivity index (χ4n) is 4.19. The van der Waals surface area contributed by atoms with Crippen LogP contribution in [0.25, 0.3) is 0 Å². The standard InChI is InChI=1S/C29H31ClN4O5S/c1-40(37,38)34(20-23-5-11-25(30)12-6-23)26-13-9-24(10-14-26)29(36)32-31-19-22-7-15-27(16-8-22)39-21-28(35)33-17-3-2-4-18-33/h5-16,19H,2-4,17-18,20-21H2,1H3,(H,32,36)/b31-19-. The fourth-order valence-corrected chi connectivity index (χ4v) is 5.21. The van der Waals surface area contributed by atoms with Crippen LogP contribution in [0.3, 0.4) is 0 Å². The number of nitrogens with zero attached hydrogens (tertiary/aromatic N) is 3. The first-order valence-corrected chi connectivity index (χ1v) is 15.1. The van der Waals surface area contributed by atoms with Gasteiger partial charge in [0.05, 0.1) is 24.7 Å². The van der Waals surface area contributed by atoms with Crippen molar-refractivity contribution < 1.29 is 22.7 Å². The Morgan fingerprint density at radius 2 is 1.62 bits per heavy atom. The van der Waals surface area contributed by atoms with Crippen LogP contribution in [0, 0.1) is 0 Å². The Morgan fingerprint density at radius 3 is 2.25 bits per heavy atom. The molecule has 1 saturated heterocycles. The van der Waals surface area contributed by atoms with Gasteiger partial charge in [0.15, 0.2) is 6.61 Å². The molecule has 0 unspecified atom stereocenters. The number of sulfonamides is 1. The second-order valence-electron chi connectivity index (χ2n) is 9.44. The maximum Gasteiger partial charge on any atom is 0.271 e. The van der Waals surface area contributed by atoms with Crippen LogP contribution in [0.5, 0.6) is 5.75 Å². The number of rotatable bonds is 10. The normalized spacial score (nSPS) is 13.7. The SMILES string of the molecule is CS(=O)(=O)N(Cc1ccc(Cl)cc1)c1ccc(C(=O)N/N=C\c2ccc(OCC(=O)N3CCCCC3)cc2)cc1. The second-order valence-corrected chi connectivity index (χ2v) is 11.8. The topological polar surface area (TPSA) is 108 Å². The Bertz CT molecular complexity index is 1440. The molecule has 210 valence electrons. The maximum absolute atomic E-state index is 12.5. The van der Waals surface area contributed by atoms with Gasteiger partial charge in [-0.05, 0) is 91.1 Å². The predicted octanol–water partition coefficient (Wildman–Crippen LogP) is 4.46. The third-order valence-electron chi connectivity index (χ3n) is 6.39. The van der Waals surface area contributed by atoms with Gasteiger partial charge in [0.2, 0.25) is 10.0 Å². The van der Waals surface area contributed by atoms with Crippen molar-refractivity contribution in [3.63, 3.8) is 0 Å². The van der Waals surface area contributed by atoms with E-state index in [4.69, 9.17) is 16.3 Å². The third-order valence-corrected chi connectivity index (χ3v) is 7.78. The summed E-state index contributed by atoms with van der Waals surface area (Å²) in [5.41, 5.74) is 4.72. The minimum Gasteiger partial charge on any atom is -0.484 e. The summed E-state index contributed by atoms with van der Waals surface area (Å²) in [5, 5.41) is 4.56. The van der Waals surface area contributed by atoms with Crippen LogP contribution in [0.2, 0.25) is 5.02 Å². The Morgan fingerprint density at radius 1 is 0.975 bits per heavy atom.